The fourth-order valence-corrected chi connectivity index (χ4v) is 7.86. The van der Waals surface area contributed by atoms with Gasteiger partial charge in [0.25, 0.3) is 5.91 Å². The lowest BCUT2D eigenvalue weighted by atomic mass is 9.91. The van der Waals surface area contributed by atoms with E-state index in [1.165, 1.54) is 27.8 Å². The second-order valence-corrected chi connectivity index (χ2v) is 16.5. The standard InChI is InChI=1S/C36H48FN5O6S/c1-35(2,3)18-30(43)38-28-13-8-6-4-5-7-11-23-17-36(23,33(46)40-49-25-14-15-25)39-31(44)29-16-24(20-42(29)32(28)45)48-34(47)41-19-22-10-9-12-27(37)26(22)21-41/h7,9-12,23-25,28-29H,4-6,8,13-21H2,1-3H3,(H,38,43)(H,39,44)(H,40,46)/b11-7-/t23-,24-,28+,29?,36-/m1/s1. The molecule has 5 amide bonds. The lowest BCUT2D eigenvalue weighted by molar-refractivity contribution is -0.142. The predicted octanol–water partition coefficient (Wildman–Crippen LogP) is 4.49. The highest BCUT2D eigenvalue weighted by atomic mass is 32.2. The molecule has 5 atom stereocenters. The van der Waals surface area contributed by atoms with Crippen molar-refractivity contribution < 1.29 is 33.1 Å². The van der Waals surface area contributed by atoms with E-state index in [0.717, 1.165) is 32.1 Å². The van der Waals surface area contributed by atoms with Crippen molar-refractivity contribution >= 4 is 41.7 Å². The van der Waals surface area contributed by atoms with Crippen LogP contribution in [-0.2, 0) is 37.0 Å². The number of rotatable bonds is 6. The van der Waals surface area contributed by atoms with Gasteiger partial charge in [-0.25, -0.2) is 9.18 Å². The van der Waals surface area contributed by atoms with Crippen molar-refractivity contribution in [2.45, 2.75) is 127 Å². The van der Waals surface area contributed by atoms with E-state index in [4.69, 9.17) is 4.74 Å². The van der Waals surface area contributed by atoms with Crippen molar-refractivity contribution in [3.05, 3.63) is 47.3 Å². The molecule has 3 aliphatic heterocycles. The molecule has 3 N–H and O–H groups in total. The number of amides is 5. The first-order valence-electron chi connectivity index (χ1n) is 17.6. The fraction of sp³-hybridized carbons (Fsp3) is 0.639. The number of nitrogens with one attached hydrogen (secondary N) is 3. The second-order valence-electron chi connectivity index (χ2n) is 15.4. The smallest absolute Gasteiger partial charge is 0.410 e. The Morgan fingerprint density at radius 1 is 1.10 bits per heavy atom. The van der Waals surface area contributed by atoms with E-state index in [-0.39, 0.29) is 61.4 Å². The van der Waals surface area contributed by atoms with Gasteiger partial charge in [0.2, 0.25) is 17.7 Å². The number of halogens is 1. The first kappa shape index (κ1) is 35.2. The third kappa shape index (κ3) is 8.41. The van der Waals surface area contributed by atoms with Crippen molar-refractivity contribution in [2.24, 2.45) is 11.3 Å². The molecule has 3 fully saturated rings. The van der Waals surface area contributed by atoms with Crippen LogP contribution in [0.4, 0.5) is 9.18 Å². The molecule has 2 saturated carbocycles. The molecule has 6 rings (SSSR count). The Labute approximate surface area is 291 Å². The normalized spacial score (nSPS) is 29.4. The van der Waals surface area contributed by atoms with Crippen molar-refractivity contribution in [1.29, 1.82) is 0 Å². The number of hydrogen-bond acceptors (Lipinski definition) is 7. The minimum Gasteiger partial charge on any atom is -0.444 e. The number of hydrogen-bond donors (Lipinski definition) is 3. The Bertz CT molecular complexity index is 1510. The van der Waals surface area contributed by atoms with Crippen molar-refractivity contribution in [3.63, 3.8) is 0 Å². The molecule has 0 spiro atoms. The first-order valence-corrected chi connectivity index (χ1v) is 18.5. The van der Waals surface area contributed by atoms with E-state index in [0.29, 0.717) is 35.6 Å². The third-order valence-electron chi connectivity index (χ3n) is 9.97. The zero-order valence-electron chi connectivity index (χ0n) is 28.6. The molecular weight excluding hydrogens is 649 g/mol. The van der Waals surface area contributed by atoms with Gasteiger partial charge in [-0.1, -0.05) is 57.9 Å². The van der Waals surface area contributed by atoms with E-state index in [2.05, 4.69) is 21.4 Å². The SMILES string of the molecule is CC(C)(C)CC(=O)N[C@H]1CCCCC/C=C\[C@@H]2C[C@@]2(C(=O)NSC2CC2)NC(=O)C2C[C@@H](OC(=O)N3Cc4cccc(F)c4C3)CN2C1=O. The summed E-state index contributed by atoms with van der Waals surface area (Å²) in [5.41, 5.74) is -0.278. The lowest BCUT2D eigenvalue weighted by Crippen LogP contribution is -2.57. The van der Waals surface area contributed by atoms with Crippen LogP contribution in [0.3, 0.4) is 0 Å². The number of ether oxygens (including phenoxy) is 1. The summed E-state index contributed by atoms with van der Waals surface area (Å²) in [4.78, 5) is 71.3. The monoisotopic (exact) mass is 697 g/mol. The Morgan fingerprint density at radius 3 is 2.63 bits per heavy atom. The first-order chi connectivity index (χ1) is 23.3. The van der Waals surface area contributed by atoms with Crippen LogP contribution >= 0.6 is 11.9 Å². The highest BCUT2D eigenvalue weighted by Crippen LogP contribution is 2.46. The number of benzene rings is 1. The molecule has 11 nitrogen and oxygen atoms in total. The van der Waals surface area contributed by atoms with Crippen LogP contribution in [0.5, 0.6) is 0 Å². The molecule has 0 radical (unpaired) electrons. The van der Waals surface area contributed by atoms with Gasteiger partial charge in [0.05, 0.1) is 13.1 Å². The van der Waals surface area contributed by atoms with E-state index in [1.54, 1.807) is 12.1 Å². The molecule has 0 bridgehead atoms. The van der Waals surface area contributed by atoms with Crippen LogP contribution in [-0.4, -0.2) is 75.0 Å². The van der Waals surface area contributed by atoms with E-state index in [1.807, 2.05) is 26.8 Å². The molecule has 0 aromatic heterocycles. The summed E-state index contributed by atoms with van der Waals surface area (Å²) < 4.78 is 23.2. The van der Waals surface area contributed by atoms with Crippen LogP contribution in [0, 0.1) is 17.2 Å². The highest BCUT2D eigenvalue weighted by molar-refractivity contribution is 7.98. The van der Waals surface area contributed by atoms with Crippen LogP contribution in [0.15, 0.2) is 30.4 Å². The van der Waals surface area contributed by atoms with E-state index >= 15 is 0 Å². The third-order valence-corrected chi connectivity index (χ3v) is 11.1. The average molecular weight is 698 g/mol. The zero-order valence-corrected chi connectivity index (χ0v) is 29.4. The van der Waals surface area contributed by atoms with E-state index in [9.17, 15) is 28.4 Å². The number of allylic oxidation sites excluding steroid dienone is 1. The second kappa shape index (κ2) is 14.3. The molecule has 1 unspecified atom stereocenters. The van der Waals surface area contributed by atoms with Gasteiger partial charge < -0.3 is 20.3 Å². The Kier molecular flexibility index (Phi) is 10.3. The highest BCUT2D eigenvalue weighted by Gasteiger charge is 2.61. The Morgan fingerprint density at radius 2 is 1.90 bits per heavy atom. The van der Waals surface area contributed by atoms with Gasteiger partial charge >= 0.3 is 6.09 Å². The van der Waals surface area contributed by atoms with Crippen LogP contribution < -0.4 is 15.4 Å². The topological polar surface area (TPSA) is 137 Å². The lowest BCUT2D eigenvalue weighted by Gasteiger charge is -2.30. The Balaban J connectivity index is 1.23. The van der Waals surface area contributed by atoms with Crippen LogP contribution in [0.2, 0.25) is 0 Å². The van der Waals surface area contributed by atoms with Crippen LogP contribution in [0.1, 0.15) is 96.1 Å². The predicted molar refractivity (Wildman–Crippen MR) is 182 cm³/mol. The van der Waals surface area contributed by atoms with Gasteiger partial charge in [-0.15, -0.1) is 0 Å². The van der Waals surface area contributed by atoms with Crippen molar-refractivity contribution in [1.82, 2.24) is 25.2 Å². The summed E-state index contributed by atoms with van der Waals surface area (Å²) in [6, 6.07) is 2.83. The molecule has 1 aromatic carbocycles. The number of fused-ring (bicyclic) bond motifs is 3. The van der Waals surface area contributed by atoms with Crippen molar-refractivity contribution in [2.75, 3.05) is 6.54 Å². The van der Waals surface area contributed by atoms with Crippen LogP contribution in [0.25, 0.3) is 0 Å². The molecule has 1 aromatic rings. The van der Waals surface area contributed by atoms with Gasteiger partial charge in [-0.3, -0.25) is 28.8 Å². The maximum atomic E-state index is 14.4. The summed E-state index contributed by atoms with van der Waals surface area (Å²) in [5, 5.41) is 6.34. The number of nitrogens with zero attached hydrogens (tertiary/aromatic N) is 2. The van der Waals surface area contributed by atoms with Gasteiger partial charge in [-0.05, 0) is 67.5 Å². The van der Waals surface area contributed by atoms with Gasteiger partial charge in [-0.2, -0.15) is 0 Å². The number of carbonyl (C=O) groups excluding carboxylic acids is 5. The molecule has 1 saturated heterocycles. The van der Waals surface area contributed by atoms with Gasteiger partial charge in [0, 0.05) is 36.1 Å². The van der Waals surface area contributed by atoms with Gasteiger partial charge in [0.1, 0.15) is 29.5 Å². The van der Waals surface area contributed by atoms with E-state index < -0.39 is 41.6 Å². The van der Waals surface area contributed by atoms with Gasteiger partial charge in [0.15, 0.2) is 0 Å². The zero-order chi connectivity index (χ0) is 34.9. The maximum Gasteiger partial charge on any atom is 0.410 e. The summed E-state index contributed by atoms with van der Waals surface area (Å²) in [6.07, 6.45) is 9.01. The summed E-state index contributed by atoms with van der Waals surface area (Å²) in [6.45, 7) is 6.05. The molecule has 3 heterocycles. The average Bonchev–Trinajstić information content (AvgIpc) is 3.89. The summed E-state index contributed by atoms with van der Waals surface area (Å²) in [5.74, 6) is -1.99. The quantitative estimate of drug-likeness (QED) is 0.294. The maximum absolute atomic E-state index is 14.4. The molecule has 2 aliphatic carbocycles. The largest absolute Gasteiger partial charge is 0.444 e. The molecular formula is C36H48FN5O6S. The summed E-state index contributed by atoms with van der Waals surface area (Å²) in [7, 11) is 0. The molecule has 49 heavy (non-hydrogen) atoms. The molecule has 5 aliphatic rings. The van der Waals surface area contributed by atoms with Crippen molar-refractivity contribution in [3.8, 4) is 0 Å². The fourth-order valence-electron chi connectivity index (χ4n) is 7.03. The number of carbonyl (C=O) groups is 5. The minimum atomic E-state index is -1.13. The molecule has 13 heteroatoms. The Hall–Kier alpha value is -3.61. The summed E-state index contributed by atoms with van der Waals surface area (Å²) >= 11 is 1.39. The molecule has 266 valence electrons. The minimum absolute atomic E-state index is 0.0240.